The van der Waals surface area contributed by atoms with E-state index in [1.54, 1.807) is 17.5 Å². The molecule has 1 heterocycles. The van der Waals surface area contributed by atoms with Crippen LogP contribution in [0, 0.1) is 5.41 Å². The molecule has 1 aliphatic rings. The van der Waals surface area contributed by atoms with E-state index in [-0.39, 0.29) is 12.6 Å². The highest BCUT2D eigenvalue weighted by molar-refractivity contribution is 7.09. The summed E-state index contributed by atoms with van der Waals surface area (Å²) in [4.78, 5) is 26.4. The molecule has 98 valence electrons. The molecule has 1 aromatic heterocycles. The summed E-state index contributed by atoms with van der Waals surface area (Å²) in [6.07, 6.45) is 3.70. The van der Waals surface area contributed by atoms with Gasteiger partial charge in [0.1, 0.15) is 0 Å². The van der Waals surface area contributed by atoms with Gasteiger partial charge in [-0.25, -0.2) is 9.78 Å². The minimum absolute atomic E-state index is 0.200. The second kappa shape index (κ2) is 5.34. The number of carbonyl (C=O) groups excluding carboxylic acids is 1. The molecule has 0 unspecified atom stereocenters. The molecule has 0 radical (unpaired) electrons. The van der Waals surface area contributed by atoms with Crippen molar-refractivity contribution in [3.8, 4) is 0 Å². The van der Waals surface area contributed by atoms with E-state index in [2.05, 4.69) is 15.6 Å². The molecule has 1 fully saturated rings. The smallest absolute Gasteiger partial charge is 0.314 e. The molecular formula is C11H15N3O3S. The van der Waals surface area contributed by atoms with Crippen molar-refractivity contribution in [1.29, 1.82) is 0 Å². The number of hydrogen-bond acceptors (Lipinski definition) is 4. The summed E-state index contributed by atoms with van der Waals surface area (Å²) >= 11 is 1.55. The van der Waals surface area contributed by atoms with Crippen molar-refractivity contribution < 1.29 is 14.7 Å². The molecule has 0 bridgehead atoms. The lowest BCUT2D eigenvalue weighted by atomic mass is 10.1. The molecule has 1 aliphatic carbocycles. The number of carboxylic acids is 1. The topological polar surface area (TPSA) is 91.3 Å². The number of aromatic nitrogens is 1. The van der Waals surface area contributed by atoms with Gasteiger partial charge in [-0.05, 0) is 12.8 Å². The van der Waals surface area contributed by atoms with Crippen LogP contribution in [-0.2, 0) is 11.2 Å². The summed E-state index contributed by atoms with van der Waals surface area (Å²) in [7, 11) is 0. The van der Waals surface area contributed by atoms with Gasteiger partial charge in [-0.1, -0.05) is 0 Å². The summed E-state index contributed by atoms with van der Waals surface area (Å²) in [6.45, 7) is 0.699. The lowest BCUT2D eigenvalue weighted by Crippen LogP contribution is -2.41. The molecule has 18 heavy (non-hydrogen) atoms. The summed E-state index contributed by atoms with van der Waals surface area (Å²) in [5.74, 6) is -0.828. The Hall–Kier alpha value is -1.63. The number of aliphatic carboxylic acids is 1. The average Bonchev–Trinajstić information content (AvgIpc) is 2.97. The zero-order valence-electron chi connectivity index (χ0n) is 9.81. The van der Waals surface area contributed by atoms with Gasteiger partial charge in [0.2, 0.25) is 0 Å². The van der Waals surface area contributed by atoms with Crippen LogP contribution in [0.25, 0.3) is 0 Å². The predicted octanol–water partition coefficient (Wildman–Crippen LogP) is 0.850. The second-order valence-corrected chi connectivity index (χ2v) is 5.35. The first-order valence-electron chi connectivity index (χ1n) is 5.76. The van der Waals surface area contributed by atoms with Crippen LogP contribution < -0.4 is 10.6 Å². The standard InChI is InChI=1S/C11H15N3O3S/c15-9(16)11(2-3-11)7-14-10(17)13-4-1-8-12-5-6-18-8/h5-6H,1-4,7H2,(H,15,16)(H2,13,14,17). The Morgan fingerprint density at radius 2 is 2.22 bits per heavy atom. The summed E-state index contributed by atoms with van der Waals surface area (Å²) in [6, 6.07) is -0.320. The largest absolute Gasteiger partial charge is 0.481 e. The van der Waals surface area contributed by atoms with Gasteiger partial charge in [-0.2, -0.15) is 0 Å². The molecule has 0 spiro atoms. The molecule has 6 nitrogen and oxygen atoms in total. The number of carboxylic acid groups (broad SMARTS) is 1. The van der Waals surface area contributed by atoms with Gasteiger partial charge < -0.3 is 15.7 Å². The van der Waals surface area contributed by atoms with Gasteiger partial charge in [0.15, 0.2) is 0 Å². The fourth-order valence-corrected chi connectivity index (χ4v) is 2.21. The first-order valence-corrected chi connectivity index (χ1v) is 6.64. The maximum atomic E-state index is 11.4. The third kappa shape index (κ3) is 3.19. The quantitative estimate of drug-likeness (QED) is 0.714. The van der Waals surface area contributed by atoms with Crippen LogP contribution in [-0.4, -0.2) is 35.2 Å². The Balaban J connectivity index is 1.62. The highest BCUT2D eigenvalue weighted by Gasteiger charge is 2.50. The normalized spacial score (nSPS) is 16.0. The van der Waals surface area contributed by atoms with Gasteiger partial charge in [-0.15, -0.1) is 11.3 Å². The van der Waals surface area contributed by atoms with Crippen molar-refractivity contribution in [1.82, 2.24) is 15.6 Å². The Morgan fingerprint density at radius 3 is 2.78 bits per heavy atom. The van der Waals surface area contributed by atoms with E-state index in [1.807, 2.05) is 5.38 Å². The highest BCUT2D eigenvalue weighted by atomic mass is 32.1. The third-order valence-electron chi connectivity index (χ3n) is 3.00. The zero-order chi connectivity index (χ0) is 13.0. The van der Waals surface area contributed by atoms with Crippen LogP contribution in [0.3, 0.4) is 0 Å². The van der Waals surface area contributed by atoms with Gasteiger partial charge in [0.25, 0.3) is 0 Å². The zero-order valence-corrected chi connectivity index (χ0v) is 10.6. The van der Waals surface area contributed by atoms with Crippen LogP contribution in [0.4, 0.5) is 4.79 Å². The minimum atomic E-state index is -0.828. The van der Waals surface area contributed by atoms with E-state index in [4.69, 9.17) is 5.11 Å². The summed E-state index contributed by atoms with van der Waals surface area (Å²) in [5, 5.41) is 17.1. The fourth-order valence-electron chi connectivity index (χ4n) is 1.59. The SMILES string of the molecule is O=C(NCCc1nccs1)NCC1(C(=O)O)CC1. The molecule has 0 aromatic carbocycles. The van der Waals surface area contributed by atoms with E-state index in [9.17, 15) is 9.59 Å². The minimum Gasteiger partial charge on any atom is -0.481 e. The predicted molar refractivity (Wildman–Crippen MR) is 66.5 cm³/mol. The van der Waals surface area contributed by atoms with Crippen molar-refractivity contribution in [2.75, 3.05) is 13.1 Å². The number of nitrogens with one attached hydrogen (secondary N) is 2. The maximum Gasteiger partial charge on any atom is 0.314 e. The average molecular weight is 269 g/mol. The van der Waals surface area contributed by atoms with E-state index >= 15 is 0 Å². The summed E-state index contributed by atoms with van der Waals surface area (Å²) in [5.41, 5.74) is -0.716. The molecule has 1 aromatic rings. The van der Waals surface area contributed by atoms with Crippen molar-refractivity contribution in [2.45, 2.75) is 19.3 Å². The molecule has 0 aliphatic heterocycles. The van der Waals surface area contributed by atoms with E-state index in [0.717, 1.165) is 5.01 Å². The molecule has 1 saturated carbocycles. The number of nitrogens with zero attached hydrogens (tertiary/aromatic N) is 1. The summed E-state index contributed by atoms with van der Waals surface area (Å²) < 4.78 is 0. The Labute approximate surface area is 108 Å². The van der Waals surface area contributed by atoms with E-state index in [0.29, 0.717) is 25.8 Å². The fraction of sp³-hybridized carbons (Fsp3) is 0.545. The lowest BCUT2D eigenvalue weighted by molar-refractivity contribution is -0.143. The molecule has 2 rings (SSSR count). The first-order chi connectivity index (χ1) is 8.62. The van der Waals surface area contributed by atoms with Crippen LogP contribution in [0.5, 0.6) is 0 Å². The van der Waals surface area contributed by atoms with Crippen molar-refractivity contribution in [2.24, 2.45) is 5.41 Å². The Morgan fingerprint density at radius 1 is 1.44 bits per heavy atom. The van der Waals surface area contributed by atoms with Crippen LogP contribution in [0.15, 0.2) is 11.6 Å². The molecule has 3 N–H and O–H groups in total. The first kappa shape index (κ1) is 12.8. The van der Waals surface area contributed by atoms with Crippen LogP contribution in [0.1, 0.15) is 17.8 Å². The lowest BCUT2D eigenvalue weighted by Gasteiger charge is -2.11. The number of rotatable bonds is 6. The number of amides is 2. The van der Waals surface area contributed by atoms with Crippen LogP contribution >= 0.6 is 11.3 Å². The van der Waals surface area contributed by atoms with Gasteiger partial charge in [0, 0.05) is 31.1 Å². The number of thiazole rings is 1. The molecule has 0 atom stereocenters. The molecule has 2 amide bonds. The maximum absolute atomic E-state index is 11.4. The monoisotopic (exact) mass is 269 g/mol. The van der Waals surface area contributed by atoms with Gasteiger partial charge >= 0.3 is 12.0 Å². The number of hydrogen-bond donors (Lipinski definition) is 3. The van der Waals surface area contributed by atoms with Crippen LogP contribution in [0.2, 0.25) is 0 Å². The Kier molecular flexibility index (Phi) is 3.81. The third-order valence-corrected chi connectivity index (χ3v) is 3.84. The van der Waals surface area contributed by atoms with Crippen molar-refractivity contribution in [3.05, 3.63) is 16.6 Å². The second-order valence-electron chi connectivity index (χ2n) is 4.37. The van der Waals surface area contributed by atoms with Crippen molar-refractivity contribution >= 4 is 23.3 Å². The van der Waals surface area contributed by atoms with Gasteiger partial charge in [0.05, 0.1) is 10.4 Å². The highest BCUT2D eigenvalue weighted by Crippen LogP contribution is 2.45. The van der Waals surface area contributed by atoms with E-state index < -0.39 is 11.4 Å². The van der Waals surface area contributed by atoms with Crippen molar-refractivity contribution in [3.63, 3.8) is 0 Å². The number of carbonyl (C=O) groups is 2. The Bertz CT molecular complexity index is 429. The molecule has 0 saturated heterocycles. The van der Waals surface area contributed by atoms with E-state index in [1.165, 1.54) is 0 Å². The number of urea groups is 1. The molecular weight excluding hydrogens is 254 g/mol. The molecule has 7 heteroatoms. The van der Waals surface area contributed by atoms with Gasteiger partial charge in [-0.3, -0.25) is 4.79 Å².